The van der Waals surface area contributed by atoms with E-state index in [2.05, 4.69) is 30.5 Å². The largest absolute Gasteiger partial charge is 0.330 e. The lowest BCUT2D eigenvalue weighted by atomic mass is 10.1. The first-order valence-electron chi connectivity index (χ1n) is 5.20. The van der Waals surface area contributed by atoms with Crippen molar-refractivity contribution in [2.75, 3.05) is 31.9 Å². The number of hydrogen-bond acceptors (Lipinski definition) is 3. The molecule has 2 nitrogen and oxygen atoms in total. The van der Waals surface area contributed by atoms with Gasteiger partial charge < -0.3 is 10.6 Å². The summed E-state index contributed by atoms with van der Waals surface area (Å²) < 4.78 is 0.459. The molecule has 1 aliphatic rings. The average molecular weight is 202 g/mol. The Morgan fingerprint density at radius 2 is 2.15 bits per heavy atom. The fourth-order valence-electron chi connectivity index (χ4n) is 1.78. The van der Waals surface area contributed by atoms with Gasteiger partial charge in [0.1, 0.15) is 0 Å². The van der Waals surface area contributed by atoms with Gasteiger partial charge in [-0.2, -0.15) is 11.8 Å². The standard InChI is InChI=1S/C10H22N2S/c1-10(2)9-12(7-8-13-10)6-4-3-5-11/h3-9,11H2,1-2H3. The van der Waals surface area contributed by atoms with Crippen molar-refractivity contribution in [3.05, 3.63) is 0 Å². The predicted molar refractivity (Wildman–Crippen MR) is 61.3 cm³/mol. The van der Waals surface area contributed by atoms with Crippen molar-refractivity contribution in [1.82, 2.24) is 4.90 Å². The number of nitrogens with zero attached hydrogens (tertiary/aromatic N) is 1. The minimum atomic E-state index is 0.459. The SMILES string of the molecule is CC1(C)CN(CCCCN)CCS1. The summed E-state index contributed by atoms with van der Waals surface area (Å²) in [5.41, 5.74) is 5.47. The zero-order valence-electron chi connectivity index (χ0n) is 8.88. The topological polar surface area (TPSA) is 29.3 Å². The van der Waals surface area contributed by atoms with Crippen molar-refractivity contribution < 1.29 is 0 Å². The van der Waals surface area contributed by atoms with E-state index >= 15 is 0 Å². The number of hydrogen-bond donors (Lipinski definition) is 1. The zero-order valence-corrected chi connectivity index (χ0v) is 9.70. The van der Waals surface area contributed by atoms with E-state index in [0.717, 1.165) is 6.54 Å². The molecule has 1 fully saturated rings. The van der Waals surface area contributed by atoms with Crippen molar-refractivity contribution in [1.29, 1.82) is 0 Å². The highest BCUT2D eigenvalue weighted by atomic mass is 32.2. The van der Waals surface area contributed by atoms with E-state index in [4.69, 9.17) is 5.73 Å². The van der Waals surface area contributed by atoms with Gasteiger partial charge in [0.2, 0.25) is 0 Å². The van der Waals surface area contributed by atoms with E-state index in [1.165, 1.54) is 38.2 Å². The van der Waals surface area contributed by atoms with Gasteiger partial charge in [0.25, 0.3) is 0 Å². The summed E-state index contributed by atoms with van der Waals surface area (Å²) in [5.74, 6) is 1.29. The number of thioether (sulfide) groups is 1. The first kappa shape index (κ1) is 11.3. The Morgan fingerprint density at radius 3 is 2.77 bits per heavy atom. The first-order chi connectivity index (χ1) is 6.14. The molecule has 78 valence electrons. The molecule has 3 heteroatoms. The molecule has 1 saturated heterocycles. The molecule has 1 aliphatic heterocycles. The summed E-state index contributed by atoms with van der Waals surface area (Å²) >= 11 is 2.10. The van der Waals surface area contributed by atoms with Crippen LogP contribution in [0.1, 0.15) is 26.7 Å². The molecular formula is C10H22N2S. The normalized spacial score (nSPS) is 23.3. The first-order valence-corrected chi connectivity index (χ1v) is 6.19. The van der Waals surface area contributed by atoms with Crippen LogP contribution in [0.25, 0.3) is 0 Å². The minimum Gasteiger partial charge on any atom is -0.330 e. The van der Waals surface area contributed by atoms with Gasteiger partial charge in [-0.3, -0.25) is 0 Å². The average Bonchev–Trinajstić information content (AvgIpc) is 2.03. The second-order valence-corrected chi connectivity index (χ2v) is 6.18. The second kappa shape index (κ2) is 5.23. The maximum Gasteiger partial charge on any atom is 0.0231 e. The fourth-order valence-corrected chi connectivity index (χ4v) is 2.96. The summed E-state index contributed by atoms with van der Waals surface area (Å²) in [4.78, 5) is 2.58. The highest BCUT2D eigenvalue weighted by Gasteiger charge is 2.26. The van der Waals surface area contributed by atoms with Gasteiger partial charge in [0, 0.05) is 23.6 Å². The van der Waals surface area contributed by atoms with Crippen molar-refractivity contribution in [2.45, 2.75) is 31.4 Å². The Balaban J connectivity index is 2.19. The maximum atomic E-state index is 5.47. The van der Waals surface area contributed by atoms with Crippen molar-refractivity contribution in [3.63, 3.8) is 0 Å². The van der Waals surface area contributed by atoms with Crippen LogP contribution in [-0.2, 0) is 0 Å². The third-order valence-corrected chi connectivity index (χ3v) is 3.73. The lowest BCUT2D eigenvalue weighted by molar-refractivity contribution is 0.256. The predicted octanol–water partition coefficient (Wildman–Crippen LogP) is 1.55. The maximum absolute atomic E-state index is 5.47. The lowest BCUT2D eigenvalue weighted by Gasteiger charge is -2.37. The van der Waals surface area contributed by atoms with Gasteiger partial charge in [-0.1, -0.05) is 0 Å². The molecule has 0 bridgehead atoms. The van der Waals surface area contributed by atoms with Crippen LogP contribution in [0.5, 0.6) is 0 Å². The molecule has 0 atom stereocenters. The molecule has 0 radical (unpaired) electrons. The Hall–Kier alpha value is 0.270. The molecular weight excluding hydrogens is 180 g/mol. The van der Waals surface area contributed by atoms with Crippen LogP contribution >= 0.6 is 11.8 Å². The molecule has 0 aliphatic carbocycles. The van der Waals surface area contributed by atoms with E-state index in [0.29, 0.717) is 4.75 Å². The van der Waals surface area contributed by atoms with Gasteiger partial charge >= 0.3 is 0 Å². The van der Waals surface area contributed by atoms with Crippen molar-refractivity contribution >= 4 is 11.8 Å². The highest BCUT2D eigenvalue weighted by Crippen LogP contribution is 2.29. The van der Waals surface area contributed by atoms with E-state index in [1.807, 2.05) is 0 Å². The molecule has 2 N–H and O–H groups in total. The molecule has 0 saturated carbocycles. The summed E-state index contributed by atoms with van der Waals surface area (Å²) in [7, 11) is 0. The van der Waals surface area contributed by atoms with Crippen LogP contribution < -0.4 is 5.73 Å². The molecule has 0 aromatic heterocycles. The van der Waals surface area contributed by atoms with Gasteiger partial charge in [-0.15, -0.1) is 0 Å². The molecule has 1 rings (SSSR count). The minimum absolute atomic E-state index is 0.459. The number of rotatable bonds is 4. The molecule has 0 amide bonds. The summed E-state index contributed by atoms with van der Waals surface area (Å²) in [6.07, 6.45) is 2.43. The Kier molecular flexibility index (Phi) is 4.56. The van der Waals surface area contributed by atoms with E-state index in [-0.39, 0.29) is 0 Å². The van der Waals surface area contributed by atoms with Crippen molar-refractivity contribution in [3.8, 4) is 0 Å². The third kappa shape index (κ3) is 4.34. The second-order valence-electron chi connectivity index (χ2n) is 4.38. The Labute approximate surface area is 86.2 Å². The zero-order chi connectivity index (χ0) is 9.73. The van der Waals surface area contributed by atoms with Crippen LogP contribution in [0.3, 0.4) is 0 Å². The van der Waals surface area contributed by atoms with E-state index in [9.17, 15) is 0 Å². The van der Waals surface area contributed by atoms with E-state index in [1.54, 1.807) is 0 Å². The van der Waals surface area contributed by atoms with Crippen LogP contribution in [-0.4, -0.2) is 41.6 Å². The summed E-state index contributed by atoms with van der Waals surface area (Å²) in [6, 6.07) is 0. The van der Waals surface area contributed by atoms with Crippen LogP contribution in [0.4, 0.5) is 0 Å². The van der Waals surface area contributed by atoms with Gasteiger partial charge in [-0.25, -0.2) is 0 Å². The molecule has 1 heterocycles. The number of nitrogens with two attached hydrogens (primary N) is 1. The van der Waals surface area contributed by atoms with Crippen LogP contribution in [0.2, 0.25) is 0 Å². The Morgan fingerprint density at radius 1 is 1.38 bits per heavy atom. The number of unbranched alkanes of at least 4 members (excludes halogenated alkanes) is 1. The Bertz CT molecular complexity index is 148. The molecule has 0 unspecified atom stereocenters. The summed E-state index contributed by atoms with van der Waals surface area (Å²) in [6.45, 7) is 9.26. The molecule has 0 aromatic carbocycles. The van der Waals surface area contributed by atoms with Crippen molar-refractivity contribution in [2.24, 2.45) is 5.73 Å². The van der Waals surface area contributed by atoms with E-state index < -0.39 is 0 Å². The molecule has 0 spiro atoms. The third-order valence-electron chi connectivity index (χ3n) is 2.43. The summed E-state index contributed by atoms with van der Waals surface area (Å²) in [5, 5.41) is 0. The van der Waals surface area contributed by atoms with Crippen LogP contribution in [0, 0.1) is 0 Å². The van der Waals surface area contributed by atoms with Gasteiger partial charge in [0.05, 0.1) is 0 Å². The molecule has 0 aromatic rings. The van der Waals surface area contributed by atoms with Gasteiger partial charge in [-0.05, 0) is 39.8 Å². The highest BCUT2D eigenvalue weighted by molar-refractivity contribution is 8.00. The quantitative estimate of drug-likeness (QED) is 0.701. The molecule has 13 heavy (non-hydrogen) atoms. The monoisotopic (exact) mass is 202 g/mol. The lowest BCUT2D eigenvalue weighted by Crippen LogP contribution is -2.43. The smallest absolute Gasteiger partial charge is 0.0231 e. The van der Waals surface area contributed by atoms with Gasteiger partial charge in [0.15, 0.2) is 0 Å². The van der Waals surface area contributed by atoms with Crippen LogP contribution in [0.15, 0.2) is 0 Å². The fraction of sp³-hybridized carbons (Fsp3) is 1.00.